The van der Waals surface area contributed by atoms with Crippen LogP contribution >= 0.6 is 0 Å². The molecular formula is C8H14N2O4. The number of amides is 2. The molecule has 6 heteroatoms. The van der Waals surface area contributed by atoms with Crippen molar-refractivity contribution in [1.82, 2.24) is 0 Å². The second-order valence-corrected chi connectivity index (χ2v) is 2.75. The Morgan fingerprint density at radius 2 is 1.79 bits per heavy atom. The van der Waals surface area contributed by atoms with Crippen molar-refractivity contribution in [3.63, 3.8) is 0 Å². The van der Waals surface area contributed by atoms with Gasteiger partial charge in [-0.15, -0.1) is 0 Å². The van der Waals surface area contributed by atoms with Crippen molar-refractivity contribution in [2.45, 2.75) is 33.3 Å². The number of carbonyl (C=O) groups excluding carboxylic acids is 2. The minimum Gasteiger partial charge on any atom is -0.447 e. The van der Waals surface area contributed by atoms with Gasteiger partial charge in [0, 0.05) is 0 Å². The lowest BCUT2D eigenvalue weighted by atomic mass is 10.5. The summed E-state index contributed by atoms with van der Waals surface area (Å²) in [5.74, 6) is 0. The molecule has 6 nitrogen and oxygen atoms in total. The van der Waals surface area contributed by atoms with E-state index in [4.69, 9.17) is 0 Å². The zero-order valence-corrected chi connectivity index (χ0v) is 8.52. The Kier molecular flexibility index (Phi) is 6.26. The van der Waals surface area contributed by atoms with Gasteiger partial charge in [0.25, 0.3) is 0 Å². The van der Waals surface area contributed by atoms with E-state index in [1.807, 2.05) is 6.92 Å². The number of hydrogen-bond acceptors (Lipinski definition) is 4. The van der Waals surface area contributed by atoms with E-state index in [1.165, 1.54) is 0 Å². The van der Waals surface area contributed by atoms with Gasteiger partial charge in [0.1, 0.15) is 0 Å². The van der Waals surface area contributed by atoms with Gasteiger partial charge in [-0.05, 0) is 20.3 Å². The SMILES string of the molecule is CCCOC(=O)N=NC(=O)OC(C)C. The number of rotatable bonds is 3. The number of hydrogen-bond donors (Lipinski definition) is 0. The highest BCUT2D eigenvalue weighted by Crippen LogP contribution is 1.94. The lowest BCUT2D eigenvalue weighted by Crippen LogP contribution is -2.07. The van der Waals surface area contributed by atoms with E-state index in [9.17, 15) is 9.59 Å². The fourth-order valence-electron chi connectivity index (χ4n) is 0.525. The molecule has 0 unspecified atom stereocenters. The number of ether oxygens (including phenoxy) is 2. The van der Waals surface area contributed by atoms with Crippen LogP contribution in [0.4, 0.5) is 9.59 Å². The molecule has 0 aliphatic rings. The van der Waals surface area contributed by atoms with Crippen molar-refractivity contribution in [2.24, 2.45) is 10.2 Å². The molecule has 0 saturated heterocycles. The Bertz CT molecular complexity index is 225. The monoisotopic (exact) mass is 202 g/mol. The molecule has 0 rings (SSSR count). The van der Waals surface area contributed by atoms with Gasteiger partial charge >= 0.3 is 12.2 Å². The van der Waals surface area contributed by atoms with Crippen molar-refractivity contribution in [2.75, 3.05) is 6.61 Å². The summed E-state index contributed by atoms with van der Waals surface area (Å²) in [5, 5.41) is 6.01. The van der Waals surface area contributed by atoms with Gasteiger partial charge in [-0.3, -0.25) is 0 Å². The van der Waals surface area contributed by atoms with E-state index in [1.54, 1.807) is 13.8 Å². The first-order chi connectivity index (χ1) is 6.56. The van der Waals surface area contributed by atoms with E-state index in [-0.39, 0.29) is 12.7 Å². The Morgan fingerprint density at radius 1 is 1.21 bits per heavy atom. The largest absolute Gasteiger partial charge is 0.452 e. The fourth-order valence-corrected chi connectivity index (χ4v) is 0.525. The molecule has 0 spiro atoms. The van der Waals surface area contributed by atoms with Crippen molar-refractivity contribution in [3.05, 3.63) is 0 Å². The summed E-state index contributed by atoms with van der Waals surface area (Å²) >= 11 is 0. The summed E-state index contributed by atoms with van der Waals surface area (Å²) in [6, 6.07) is 0. The minimum atomic E-state index is -0.895. The zero-order chi connectivity index (χ0) is 11.0. The van der Waals surface area contributed by atoms with Gasteiger partial charge in [0.05, 0.1) is 12.7 Å². The molecule has 0 aliphatic carbocycles. The van der Waals surface area contributed by atoms with Crippen LogP contribution < -0.4 is 0 Å². The topological polar surface area (TPSA) is 77.3 Å². The normalized spacial score (nSPS) is 10.6. The summed E-state index contributed by atoms with van der Waals surface area (Å²) < 4.78 is 9.14. The van der Waals surface area contributed by atoms with E-state index < -0.39 is 12.2 Å². The van der Waals surface area contributed by atoms with Gasteiger partial charge in [0.15, 0.2) is 0 Å². The summed E-state index contributed by atoms with van der Waals surface area (Å²) in [6.07, 6.45) is -1.37. The molecule has 0 aromatic rings. The predicted molar refractivity (Wildman–Crippen MR) is 48.1 cm³/mol. The average molecular weight is 202 g/mol. The van der Waals surface area contributed by atoms with Crippen LogP contribution in [0.15, 0.2) is 10.2 Å². The molecule has 0 aliphatic heterocycles. The van der Waals surface area contributed by atoms with Gasteiger partial charge in [0.2, 0.25) is 0 Å². The smallest absolute Gasteiger partial charge is 0.447 e. The first-order valence-electron chi connectivity index (χ1n) is 4.35. The molecule has 0 fully saturated rings. The van der Waals surface area contributed by atoms with E-state index >= 15 is 0 Å². The van der Waals surface area contributed by atoms with Crippen LogP contribution in [0.5, 0.6) is 0 Å². The van der Waals surface area contributed by atoms with Crippen LogP contribution in [-0.2, 0) is 9.47 Å². The van der Waals surface area contributed by atoms with Crippen LogP contribution in [0.25, 0.3) is 0 Å². The highest BCUT2D eigenvalue weighted by Gasteiger charge is 2.04. The second kappa shape index (κ2) is 6.99. The molecule has 0 saturated carbocycles. The van der Waals surface area contributed by atoms with Crippen molar-refractivity contribution >= 4 is 12.2 Å². The van der Waals surface area contributed by atoms with Crippen LogP contribution in [0.2, 0.25) is 0 Å². The third kappa shape index (κ3) is 7.20. The highest BCUT2D eigenvalue weighted by molar-refractivity contribution is 5.73. The van der Waals surface area contributed by atoms with E-state index in [2.05, 4.69) is 19.7 Å². The molecule has 14 heavy (non-hydrogen) atoms. The van der Waals surface area contributed by atoms with E-state index in [0.717, 1.165) is 0 Å². The van der Waals surface area contributed by atoms with Gasteiger partial charge in [-0.25, -0.2) is 9.59 Å². The van der Waals surface area contributed by atoms with Gasteiger partial charge in [-0.2, -0.15) is 0 Å². The first-order valence-corrected chi connectivity index (χ1v) is 4.35. The molecule has 0 heterocycles. The molecule has 0 bridgehead atoms. The van der Waals surface area contributed by atoms with Crippen LogP contribution in [-0.4, -0.2) is 24.9 Å². The molecule has 0 aromatic carbocycles. The maximum Gasteiger partial charge on any atom is 0.452 e. The molecule has 80 valence electrons. The average Bonchev–Trinajstić information content (AvgIpc) is 2.10. The number of azo groups is 1. The Morgan fingerprint density at radius 3 is 2.29 bits per heavy atom. The maximum absolute atomic E-state index is 10.7. The lowest BCUT2D eigenvalue weighted by molar-refractivity contribution is 0.122. The zero-order valence-electron chi connectivity index (χ0n) is 8.52. The third-order valence-electron chi connectivity index (χ3n) is 0.979. The summed E-state index contributed by atoms with van der Waals surface area (Å²) in [7, 11) is 0. The van der Waals surface area contributed by atoms with Crippen molar-refractivity contribution < 1.29 is 19.1 Å². The number of nitrogens with zero attached hydrogens (tertiary/aromatic N) is 2. The molecule has 2 amide bonds. The quantitative estimate of drug-likeness (QED) is 0.659. The van der Waals surface area contributed by atoms with Crippen LogP contribution in [0, 0.1) is 0 Å². The predicted octanol–water partition coefficient (Wildman–Crippen LogP) is 2.53. The molecular weight excluding hydrogens is 188 g/mol. The van der Waals surface area contributed by atoms with Gasteiger partial charge in [-0.1, -0.05) is 17.2 Å². The second-order valence-electron chi connectivity index (χ2n) is 2.75. The fraction of sp³-hybridized carbons (Fsp3) is 0.750. The standard InChI is InChI=1S/C8H14N2O4/c1-4-5-13-7(11)9-10-8(12)14-6(2)3/h6H,4-5H2,1-3H3. The summed E-state index contributed by atoms with van der Waals surface area (Å²) in [4.78, 5) is 21.4. The van der Waals surface area contributed by atoms with Gasteiger partial charge < -0.3 is 9.47 Å². The molecule has 0 radical (unpaired) electrons. The summed E-state index contributed by atoms with van der Waals surface area (Å²) in [6.45, 7) is 5.44. The summed E-state index contributed by atoms with van der Waals surface area (Å²) in [5.41, 5.74) is 0. The van der Waals surface area contributed by atoms with Crippen molar-refractivity contribution in [3.8, 4) is 0 Å². The first kappa shape index (κ1) is 12.5. The lowest BCUT2D eigenvalue weighted by Gasteiger charge is -2.01. The van der Waals surface area contributed by atoms with E-state index in [0.29, 0.717) is 6.42 Å². The Hall–Kier alpha value is -1.46. The Labute approximate surface area is 82.3 Å². The number of carbonyl (C=O) groups is 2. The molecule has 0 N–H and O–H groups in total. The Balaban J connectivity index is 3.79. The highest BCUT2D eigenvalue weighted by atomic mass is 16.6. The maximum atomic E-state index is 10.7. The third-order valence-corrected chi connectivity index (χ3v) is 0.979. The van der Waals surface area contributed by atoms with Crippen LogP contribution in [0.1, 0.15) is 27.2 Å². The molecule has 0 aromatic heterocycles. The minimum absolute atomic E-state index is 0.261. The van der Waals surface area contributed by atoms with Crippen molar-refractivity contribution in [1.29, 1.82) is 0 Å². The van der Waals surface area contributed by atoms with Crippen LogP contribution in [0.3, 0.4) is 0 Å². The molecule has 0 atom stereocenters.